The molecule has 0 fully saturated rings. The fourth-order valence-electron chi connectivity index (χ4n) is 1.64. The number of carbonyl (C=O) groups excluding carboxylic acids is 1. The monoisotopic (exact) mass is 276 g/mol. The SMILES string of the molecule is COc1ccc(C(=O)Nc2cc(C)[nH]n2)cc1[N+](=O)[O-]. The van der Waals surface area contributed by atoms with E-state index in [2.05, 4.69) is 15.5 Å². The van der Waals surface area contributed by atoms with Crippen LogP contribution in [0.4, 0.5) is 11.5 Å². The normalized spacial score (nSPS) is 10.1. The van der Waals surface area contributed by atoms with Crippen molar-refractivity contribution in [2.24, 2.45) is 0 Å². The molecule has 1 aromatic heterocycles. The standard InChI is InChI=1S/C12H12N4O4/c1-7-5-11(15-14-7)13-12(17)8-3-4-10(20-2)9(6-8)16(18)19/h3-6H,1-2H3,(H2,13,14,15,17). The molecule has 0 radical (unpaired) electrons. The molecule has 0 saturated heterocycles. The van der Waals surface area contributed by atoms with Crippen molar-refractivity contribution in [1.82, 2.24) is 10.2 Å². The Morgan fingerprint density at radius 3 is 2.75 bits per heavy atom. The third-order valence-electron chi connectivity index (χ3n) is 2.59. The number of aryl methyl sites for hydroxylation is 1. The maximum atomic E-state index is 12.0. The lowest BCUT2D eigenvalue weighted by Crippen LogP contribution is -2.12. The van der Waals surface area contributed by atoms with E-state index < -0.39 is 10.8 Å². The summed E-state index contributed by atoms with van der Waals surface area (Å²) in [7, 11) is 1.33. The van der Waals surface area contributed by atoms with E-state index in [0.717, 1.165) is 11.8 Å². The number of rotatable bonds is 4. The van der Waals surface area contributed by atoms with Gasteiger partial charge in [-0.05, 0) is 19.1 Å². The van der Waals surface area contributed by atoms with E-state index in [-0.39, 0.29) is 17.0 Å². The molecule has 0 unspecified atom stereocenters. The molecule has 0 aliphatic heterocycles. The summed E-state index contributed by atoms with van der Waals surface area (Å²) < 4.78 is 4.87. The van der Waals surface area contributed by atoms with E-state index in [1.54, 1.807) is 13.0 Å². The number of hydrogen-bond donors (Lipinski definition) is 2. The Balaban J connectivity index is 2.26. The number of nitro groups is 1. The zero-order valence-electron chi connectivity index (χ0n) is 10.8. The number of amides is 1. The molecule has 0 aliphatic carbocycles. The molecule has 0 bridgehead atoms. The molecule has 20 heavy (non-hydrogen) atoms. The first-order chi connectivity index (χ1) is 9.51. The third-order valence-corrected chi connectivity index (χ3v) is 2.59. The molecule has 2 N–H and O–H groups in total. The van der Waals surface area contributed by atoms with Crippen LogP contribution in [-0.4, -0.2) is 28.1 Å². The van der Waals surface area contributed by atoms with E-state index in [9.17, 15) is 14.9 Å². The average Bonchev–Trinajstić information content (AvgIpc) is 2.83. The van der Waals surface area contributed by atoms with Crippen molar-refractivity contribution in [3.63, 3.8) is 0 Å². The summed E-state index contributed by atoms with van der Waals surface area (Å²) in [5.41, 5.74) is 0.678. The fourth-order valence-corrected chi connectivity index (χ4v) is 1.64. The highest BCUT2D eigenvalue weighted by Crippen LogP contribution is 2.27. The van der Waals surface area contributed by atoms with Gasteiger partial charge in [-0.15, -0.1) is 0 Å². The first kappa shape index (κ1) is 13.5. The molecule has 1 heterocycles. The molecule has 8 nitrogen and oxygen atoms in total. The number of ether oxygens (including phenoxy) is 1. The van der Waals surface area contributed by atoms with Crippen LogP contribution < -0.4 is 10.1 Å². The van der Waals surface area contributed by atoms with Gasteiger partial charge in [-0.2, -0.15) is 5.10 Å². The third kappa shape index (κ3) is 2.74. The predicted molar refractivity (Wildman–Crippen MR) is 70.9 cm³/mol. The van der Waals surface area contributed by atoms with Crippen LogP contribution in [0.3, 0.4) is 0 Å². The minimum atomic E-state index is -0.603. The Bertz CT molecular complexity index is 665. The Labute approximate surface area is 113 Å². The van der Waals surface area contributed by atoms with Crippen molar-refractivity contribution in [2.75, 3.05) is 12.4 Å². The zero-order chi connectivity index (χ0) is 14.7. The summed E-state index contributed by atoms with van der Waals surface area (Å²) in [6.45, 7) is 1.79. The van der Waals surface area contributed by atoms with E-state index in [4.69, 9.17) is 4.74 Å². The number of carbonyl (C=O) groups is 1. The second kappa shape index (κ2) is 5.39. The van der Waals surface area contributed by atoms with Crippen molar-refractivity contribution < 1.29 is 14.5 Å². The lowest BCUT2D eigenvalue weighted by molar-refractivity contribution is -0.385. The van der Waals surface area contributed by atoms with Crippen molar-refractivity contribution in [3.8, 4) is 5.75 Å². The smallest absolute Gasteiger partial charge is 0.311 e. The molecule has 0 atom stereocenters. The van der Waals surface area contributed by atoms with Crippen LogP contribution in [0, 0.1) is 17.0 Å². The summed E-state index contributed by atoms with van der Waals surface area (Å²) in [5, 5.41) is 20.0. The first-order valence-electron chi connectivity index (χ1n) is 5.67. The maximum absolute atomic E-state index is 12.0. The molecule has 1 aromatic carbocycles. The van der Waals surface area contributed by atoms with Crippen LogP contribution in [0.15, 0.2) is 24.3 Å². The van der Waals surface area contributed by atoms with Crippen LogP contribution in [0.2, 0.25) is 0 Å². The largest absolute Gasteiger partial charge is 0.490 e. The maximum Gasteiger partial charge on any atom is 0.311 e. The van der Waals surface area contributed by atoms with Gasteiger partial charge in [0.2, 0.25) is 0 Å². The molecule has 0 saturated carbocycles. The number of H-pyrrole nitrogens is 1. The summed E-state index contributed by atoms with van der Waals surface area (Å²) in [6, 6.07) is 5.63. The quantitative estimate of drug-likeness (QED) is 0.654. The minimum Gasteiger partial charge on any atom is -0.490 e. The molecule has 104 valence electrons. The number of nitrogens with zero attached hydrogens (tertiary/aromatic N) is 2. The van der Waals surface area contributed by atoms with Crippen LogP contribution in [-0.2, 0) is 0 Å². The topological polar surface area (TPSA) is 110 Å². The minimum absolute atomic E-state index is 0.0992. The van der Waals surface area contributed by atoms with E-state index >= 15 is 0 Å². The van der Waals surface area contributed by atoms with Gasteiger partial charge in [0.05, 0.1) is 12.0 Å². The number of hydrogen-bond acceptors (Lipinski definition) is 5. The highest BCUT2D eigenvalue weighted by atomic mass is 16.6. The predicted octanol–water partition coefficient (Wildman–Crippen LogP) is 1.89. The van der Waals surface area contributed by atoms with Crippen molar-refractivity contribution in [1.29, 1.82) is 0 Å². The molecular weight excluding hydrogens is 264 g/mol. The van der Waals surface area contributed by atoms with Gasteiger partial charge in [0.15, 0.2) is 11.6 Å². The molecule has 2 rings (SSSR count). The van der Waals surface area contributed by atoms with Gasteiger partial charge in [-0.25, -0.2) is 0 Å². The van der Waals surface area contributed by atoms with Gasteiger partial charge in [-0.1, -0.05) is 0 Å². The number of benzene rings is 1. The summed E-state index contributed by atoms with van der Waals surface area (Å²) in [6.07, 6.45) is 0. The molecule has 1 amide bonds. The van der Waals surface area contributed by atoms with Crippen molar-refractivity contribution in [2.45, 2.75) is 6.92 Å². The Morgan fingerprint density at radius 2 is 2.20 bits per heavy atom. The molecule has 2 aromatic rings. The summed E-state index contributed by atoms with van der Waals surface area (Å²) in [5.74, 6) is -0.0320. The Hall–Kier alpha value is -2.90. The van der Waals surface area contributed by atoms with E-state index in [0.29, 0.717) is 5.82 Å². The Morgan fingerprint density at radius 1 is 1.45 bits per heavy atom. The summed E-state index contributed by atoms with van der Waals surface area (Å²) >= 11 is 0. The van der Waals surface area contributed by atoms with Gasteiger partial charge in [0.1, 0.15) is 0 Å². The molecule has 0 spiro atoms. The van der Waals surface area contributed by atoms with E-state index in [1.807, 2.05) is 0 Å². The van der Waals surface area contributed by atoms with Crippen LogP contribution in [0.25, 0.3) is 0 Å². The lowest BCUT2D eigenvalue weighted by Gasteiger charge is -2.04. The first-order valence-corrected chi connectivity index (χ1v) is 5.67. The molecule has 8 heteroatoms. The number of anilines is 1. The second-order valence-corrected chi connectivity index (χ2v) is 4.03. The van der Waals surface area contributed by atoms with Gasteiger partial charge in [0, 0.05) is 23.4 Å². The van der Waals surface area contributed by atoms with Crippen molar-refractivity contribution >= 4 is 17.4 Å². The summed E-state index contributed by atoms with van der Waals surface area (Å²) in [4.78, 5) is 22.3. The second-order valence-electron chi connectivity index (χ2n) is 4.03. The fraction of sp³-hybridized carbons (Fsp3) is 0.167. The van der Waals surface area contributed by atoms with Gasteiger partial charge >= 0.3 is 5.69 Å². The van der Waals surface area contributed by atoms with Crippen LogP contribution in [0.5, 0.6) is 5.75 Å². The lowest BCUT2D eigenvalue weighted by atomic mass is 10.1. The van der Waals surface area contributed by atoms with Gasteiger partial charge in [0.25, 0.3) is 5.91 Å². The average molecular weight is 276 g/mol. The number of nitrogens with one attached hydrogen (secondary N) is 2. The highest BCUT2D eigenvalue weighted by Gasteiger charge is 2.18. The van der Waals surface area contributed by atoms with E-state index in [1.165, 1.54) is 19.2 Å². The number of aromatic nitrogens is 2. The van der Waals surface area contributed by atoms with Crippen LogP contribution >= 0.6 is 0 Å². The molecular formula is C12H12N4O4. The number of aromatic amines is 1. The zero-order valence-corrected chi connectivity index (χ0v) is 10.8. The van der Waals surface area contributed by atoms with Gasteiger partial charge < -0.3 is 10.1 Å². The highest BCUT2D eigenvalue weighted by molar-refractivity contribution is 6.04. The number of methoxy groups -OCH3 is 1. The Kier molecular flexibility index (Phi) is 3.65. The number of nitro benzene ring substituents is 1. The van der Waals surface area contributed by atoms with Crippen LogP contribution in [0.1, 0.15) is 16.1 Å². The van der Waals surface area contributed by atoms with Gasteiger partial charge in [-0.3, -0.25) is 20.0 Å². The van der Waals surface area contributed by atoms with Crippen molar-refractivity contribution in [3.05, 3.63) is 45.6 Å². The molecule has 0 aliphatic rings.